The quantitative estimate of drug-likeness (QED) is 0.374. The Bertz CT molecular complexity index is 395. The Morgan fingerprint density at radius 3 is 2.45 bits per heavy atom. The lowest BCUT2D eigenvalue weighted by molar-refractivity contribution is 0.443. The summed E-state index contributed by atoms with van der Waals surface area (Å²) in [7, 11) is -1.47. The van der Waals surface area contributed by atoms with Gasteiger partial charge in [-0.15, -0.1) is 24.0 Å². The molecule has 0 unspecified atom stereocenters. The van der Waals surface area contributed by atoms with Crippen molar-refractivity contribution in [3.63, 3.8) is 0 Å². The van der Waals surface area contributed by atoms with E-state index >= 15 is 0 Å². The van der Waals surface area contributed by atoms with E-state index in [1.807, 2.05) is 13.8 Å². The van der Waals surface area contributed by atoms with Gasteiger partial charge >= 0.3 is 0 Å². The Hall–Kier alpha value is 0.260. The summed E-state index contributed by atoms with van der Waals surface area (Å²) in [6.45, 7) is 5.65. The van der Waals surface area contributed by atoms with Crippen molar-refractivity contribution in [2.45, 2.75) is 19.9 Å². The molecule has 0 aromatic rings. The zero-order chi connectivity index (χ0) is 14.3. The number of guanidine groups is 1. The minimum Gasteiger partial charge on any atom is -0.355 e. The molecule has 2 N–H and O–H groups in total. The Morgan fingerprint density at radius 1 is 1.35 bits per heavy atom. The number of aliphatic imine (C=N–C) groups is 1. The van der Waals surface area contributed by atoms with Crippen LogP contribution in [0.15, 0.2) is 4.99 Å². The molecule has 20 heavy (non-hydrogen) atoms. The number of hydrogen-bond donors (Lipinski definition) is 2. The van der Waals surface area contributed by atoms with Crippen LogP contribution in [0, 0.1) is 0 Å². The van der Waals surface area contributed by atoms with Crippen LogP contribution >= 0.6 is 35.7 Å². The van der Waals surface area contributed by atoms with Gasteiger partial charge in [0.2, 0.25) is 10.0 Å². The molecule has 6 nitrogen and oxygen atoms in total. The van der Waals surface area contributed by atoms with E-state index in [0.717, 1.165) is 11.5 Å². The molecule has 1 fully saturated rings. The average molecular weight is 436 g/mol. The molecule has 0 radical (unpaired) electrons. The molecule has 0 amide bonds. The van der Waals surface area contributed by atoms with Crippen LogP contribution in [-0.2, 0) is 10.0 Å². The Balaban J connectivity index is 0.00000361. The maximum absolute atomic E-state index is 12.1. The highest BCUT2D eigenvalue weighted by Gasteiger charge is 2.23. The van der Waals surface area contributed by atoms with Crippen LogP contribution in [0.3, 0.4) is 0 Å². The number of halogens is 1. The lowest BCUT2D eigenvalue weighted by atomic mass is 10.4. The number of rotatable bonds is 5. The zero-order valence-corrected chi connectivity index (χ0v) is 16.2. The fourth-order valence-electron chi connectivity index (χ4n) is 1.72. The Morgan fingerprint density at radius 2 is 1.95 bits per heavy atom. The minimum absolute atomic E-state index is 0. The van der Waals surface area contributed by atoms with Gasteiger partial charge in [0.25, 0.3) is 0 Å². The maximum atomic E-state index is 12.1. The molecule has 0 aliphatic carbocycles. The van der Waals surface area contributed by atoms with Gasteiger partial charge in [-0.1, -0.05) is 0 Å². The van der Waals surface area contributed by atoms with Crippen LogP contribution in [0.5, 0.6) is 0 Å². The highest BCUT2D eigenvalue weighted by Crippen LogP contribution is 2.12. The Kier molecular flexibility index (Phi) is 10.2. The van der Waals surface area contributed by atoms with Crippen molar-refractivity contribution in [2.24, 2.45) is 4.99 Å². The van der Waals surface area contributed by atoms with Crippen LogP contribution in [-0.4, -0.2) is 68.7 Å². The van der Waals surface area contributed by atoms with Gasteiger partial charge in [0.05, 0.1) is 5.75 Å². The fraction of sp³-hybridized carbons (Fsp3) is 0.909. The number of nitrogens with one attached hydrogen (secondary N) is 2. The van der Waals surface area contributed by atoms with Gasteiger partial charge in [0, 0.05) is 44.2 Å². The van der Waals surface area contributed by atoms with Crippen LogP contribution in [0.2, 0.25) is 0 Å². The summed E-state index contributed by atoms with van der Waals surface area (Å²) in [6.07, 6.45) is 0. The predicted octanol–water partition coefficient (Wildman–Crippen LogP) is 0.556. The summed E-state index contributed by atoms with van der Waals surface area (Å²) >= 11 is 1.80. The molecule has 0 spiro atoms. The molecule has 0 saturated carbocycles. The first kappa shape index (κ1) is 20.3. The summed E-state index contributed by atoms with van der Waals surface area (Å²) in [5.41, 5.74) is 0. The third-order valence-electron chi connectivity index (χ3n) is 2.66. The molecule has 1 aliphatic heterocycles. The SMILES string of the molecule is CN=C(NCCS(=O)(=O)N1CCSCC1)NC(C)C.I. The van der Waals surface area contributed by atoms with Gasteiger partial charge in [-0.2, -0.15) is 11.8 Å². The highest BCUT2D eigenvalue weighted by molar-refractivity contribution is 14.0. The molecule has 1 saturated heterocycles. The molecule has 1 rings (SSSR count). The zero-order valence-electron chi connectivity index (χ0n) is 12.3. The smallest absolute Gasteiger partial charge is 0.215 e. The summed E-state index contributed by atoms with van der Waals surface area (Å²) < 4.78 is 25.8. The first-order valence-corrected chi connectivity index (χ1v) is 9.25. The van der Waals surface area contributed by atoms with Crippen molar-refractivity contribution in [1.29, 1.82) is 0 Å². The second kappa shape index (κ2) is 10.1. The number of nitrogens with zero attached hydrogens (tertiary/aromatic N) is 2. The van der Waals surface area contributed by atoms with Crippen molar-refractivity contribution >= 4 is 51.7 Å². The first-order valence-electron chi connectivity index (χ1n) is 6.48. The summed E-state index contributed by atoms with van der Waals surface area (Å²) in [5.74, 6) is 2.53. The van der Waals surface area contributed by atoms with Crippen molar-refractivity contribution in [1.82, 2.24) is 14.9 Å². The van der Waals surface area contributed by atoms with Crippen LogP contribution in [0.4, 0.5) is 0 Å². The molecule has 0 atom stereocenters. The van der Waals surface area contributed by atoms with Gasteiger partial charge < -0.3 is 10.6 Å². The van der Waals surface area contributed by atoms with Gasteiger partial charge in [-0.25, -0.2) is 12.7 Å². The topological polar surface area (TPSA) is 73.8 Å². The van der Waals surface area contributed by atoms with Crippen molar-refractivity contribution in [3.05, 3.63) is 0 Å². The van der Waals surface area contributed by atoms with Crippen LogP contribution < -0.4 is 10.6 Å². The fourth-order valence-corrected chi connectivity index (χ4v) is 4.21. The molecular weight excluding hydrogens is 411 g/mol. The van der Waals surface area contributed by atoms with Gasteiger partial charge in [-0.05, 0) is 13.8 Å². The second-order valence-corrected chi connectivity index (χ2v) is 7.94. The standard InChI is InChI=1S/C11H24N4O2S2.HI/c1-10(2)14-11(12-3)13-4-9-19(16,17)15-5-7-18-8-6-15;/h10H,4-9H2,1-3H3,(H2,12,13,14);1H. The second-order valence-electron chi connectivity index (χ2n) is 4.63. The first-order chi connectivity index (χ1) is 8.95. The summed E-state index contributed by atoms with van der Waals surface area (Å²) in [4.78, 5) is 4.04. The van der Waals surface area contributed by atoms with Crippen LogP contribution in [0.25, 0.3) is 0 Å². The minimum atomic E-state index is -3.14. The molecule has 120 valence electrons. The maximum Gasteiger partial charge on any atom is 0.215 e. The largest absolute Gasteiger partial charge is 0.355 e. The normalized spacial score (nSPS) is 17.7. The van der Waals surface area contributed by atoms with Crippen LogP contribution in [0.1, 0.15) is 13.8 Å². The van der Waals surface area contributed by atoms with E-state index in [0.29, 0.717) is 25.6 Å². The molecule has 0 aromatic carbocycles. The average Bonchev–Trinajstić information content (AvgIpc) is 2.38. The summed E-state index contributed by atoms with van der Waals surface area (Å²) in [6, 6.07) is 0.266. The molecule has 0 aromatic heterocycles. The van der Waals surface area contributed by atoms with Gasteiger partial charge in [0.1, 0.15) is 0 Å². The van der Waals surface area contributed by atoms with E-state index in [-0.39, 0.29) is 35.8 Å². The summed E-state index contributed by atoms with van der Waals surface area (Å²) in [5, 5.41) is 6.15. The number of hydrogen-bond acceptors (Lipinski definition) is 4. The van der Waals surface area contributed by atoms with E-state index in [2.05, 4.69) is 15.6 Å². The van der Waals surface area contributed by atoms with E-state index < -0.39 is 10.0 Å². The van der Waals surface area contributed by atoms with Gasteiger partial charge in [-0.3, -0.25) is 4.99 Å². The molecular formula is C11H25IN4O2S2. The third-order valence-corrected chi connectivity index (χ3v) is 5.48. The monoisotopic (exact) mass is 436 g/mol. The van der Waals surface area contributed by atoms with Gasteiger partial charge in [0.15, 0.2) is 5.96 Å². The lowest BCUT2D eigenvalue weighted by Gasteiger charge is -2.25. The van der Waals surface area contributed by atoms with E-state index in [4.69, 9.17) is 0 Å². The molecule has 1 aliphatic rings. The molecule has 1 heterocycles. The van der Waals surface area contributed by atoms with Crippen molar-refractivity contribution in [3.8, 4) is 0 Å². The van der Waals surface area contributed by atoms with E-state index in [1.165, 1.54) is 0 Å². The number of thioether (sulfide) groups is 1. The number of sulfonamides is 1. The van der Waals surface area contributed by atoms with Crippen molar-refractivity contribution < 1.29 is 8.42 Å². The van der Waals surface area contributed by atoms with E-state index in [9.17, 15) is 8.42 Å². The highest BCUT2D eigenvalue weighted by atomic mass is 127. The molecule has 9 heteroatoms. The lowest BCUT2D eigenvalue weighted by Crippen LogP contribution is -2.45. The molecule has 0 bridgehead atoms. The van der Waals surface area contributed by atoms with E-state index in [1.54, 1.807) is 23.1 Å². The predicted molar refractivity (Wildman–Crippen MR) is 97.7 cm³/mol. The third kappa shape index (κ3) is 7.32. The Labute approximate surface area is 143 Å². The van der Waals surface area contributed by atoms with Crippen molar-refractivity contribution in [2.75, 3.05) is 43.9 Å².